The summed E-state index contributed by atoms with van der Waals surface area (Å²) < 4.78 is 0. The van der Waals surface area contributed by atoms with Crippen LogP contribution in [0.1, 0.15) is 44.9 Å². The first kappa shape index (κ1) is 15.9. The van der Waals surface area contributed by atoms with Crippen molar-refractivity contribution >= 4 is 11.9 Å². The van der Waals surface area contributed by atoms with Gasteiger partial charge in [-0.05, 0) is 19.9 Å². The fourth-order valence-electron chi connectivity index (χ4n) is 2.68. The van der Waals surface area contributed by atoms with Crippen LogP contribution in [0.4, 0.5) is 0 Å². The molecule has 0 saturated heterocycles. The summed E-state index contributed by atoms with van der Waals surface area (Å²) >= 11 is 0. The maximum atomic E-state index is 12.0. The van der Waals surface area contributed by atoms with Crippen LogP contribution < -0.4 is 10.6 Å². The summed E-state index contributed by atoms with van der Waals surface area (Å²) in [4.78, 5) is 22.9. The Labute approximate surface area is 113 Å². The van der Waals surface area contributed by atoms with Gasteiger partial charge in [0.2, 0.25) is 5.91 Å². The smallest absolute Gasteiger partial charge is 0.326 e. The topological polar surface area (TPSA) is 98.7 Å². The van der Waals surface area contributed by atoms with Crippen molar-refractivity contribution in [3.05, 3.63) is 0 Å². The van der Waals surface area contributed by atoms with Gasteiger partial charge in [-0.25, -0.2) is 4.79 Å². The monoisotopic (exact) mass is 272 g/mol. The standard InChI is InChI=1S/C13H24N2O4/c1-14-13(6-3-2-4-7-13)9-11(17)15-10(5-8-16)12(18)19/h10,14,16H,2-9H2,1H3,(H,15,17)(H,18,19)/t10-/m1/s1. The SMILES string of the molecule is CNC1(CC(=O)N[C@H](CCO)C(=O)O)CCCCC1. The molecule has 0 aliphatic heterocycles. The first-order chi connectivity index (χ1) is 9.03. The summed E-state index contributed by atoms with van der Waals surface area (Å²) in [5.41, 5.74) is -0.204. The zero-order chi connectivity index (χ0) is 14.3. The number of aliphatic carboxylic acids is 1. The zero-order valence-electron chi connectivity index (χ0n) is 11.4. The summed E-state index contributed by atoms with van der Waals surface area (Å²) in [5, 5.41) is 23.4. The normalized spacial score (nSPS) is 19.7. The lowest BCUT2D eigenvalue weighted by Gasteiger charge is -2.36. The lowest BCUT2D eigenvalue weighted by Crippen LogP contribution is -2.50. The molecule has 0 aromatic heterocycles. The Hall–Kier alpha value is -1.14. The predicted molar refractivity (Wildman–Crippen MR) is 70.8 cm³/mol. The number of aliphatic hydroxyl groups excluding tert-OH is 1. The second-order valence-corrected chi connectivity index (χ2v) is 5.24. The molecule has 1 aliphatic rings. The Bertz CT molecular complexity index is 314. The van der Waals surface area contributed by atoms with Gasteiger partial charge in [0, 0.05) is 25.0 Å². The molecule has 1 amide bonds. The summed E-state index contributed by atoms with van der Waals surface area (Å²) in [5.74, 6) is -1.37. The average molecular weight is 272 g/mol. The second kappa shape index (κ2) is 7.45. The Morgan fingerprint density at radius 2 is 1.89 bits per heavy atom. The summed E-state index contributed by atoms with van der Waals surface area (Å²) in [6.45, 7) is -0.256. The molecule has 6 nitrogen and oxygen atoms in total. The van der Waals surface area contributed by atoms with E-state index in [1.165, 1.54) is 6.42 Å². The Morgan fingerprint density at radius 3 is 2.37 bits per heavy atom. The van der Waals surface area contributed by atoms with Crippen molar-refractivity contribution in [3.63, 3.8) is 0 Å². The zero-order valence-corrected chi connectivity index (χ0v) is 11.4. The Morgan fingerprint density at radius 1 is 1.26 bits per heavy atom. The van der Waals surface area contributed by atoms with E-state index in [9.17, 15) is 9.59 Å². The van der Waals surface area contributed by atoms with Gasteiger partial charge < -0.3 is 20.8 Å². The Balaban J connectivity index is 2.54. The van der Waals surface area contributed by atoms with E-state index < -0.39 is 12.0 Å². The van der Waals surface area contributed by atoms with Crippen molar-refractivity contribution in [2.45, 2.75) is 56.5 Å². The van der Waals surface area contributed by atoms with E-state index in [-0.39, 0.29) is 24.5 Å². The van der Waals surface area contributed by atoms with Crippen molar-refractivity contribution in [2.24, 2.45) is 0 Å². The third-order valence-electron chi connectivity index (χ3n) is 3.89. The molecule has 0 spiro atoms. The van der Waals surface area contributed by atoms with E-state index in [4.69, 9.17) is 10.2 Å². The highest BCUT2D eigenvalue weighted by Gasteiger charge is 2.33. The number of hydrogen-bond donors (Lipinski definition) is 4. The predicted octanol–water partition coefficient (Wildman–Crippen LogP) is 0.251. The number of nitrogens with one attached hydrogen (secondary N) is 2. The van der Waals surface area contributed by atoms with Gasteiger partial charge in [-0.1, -0.05) is 19.3 Å². The van der Waals surface area contributed by atoms with Crippen LogP contribution in [-0.4, -0.2) is 47.3 Å². The summed E-state index contributed by atoms with van der Waals surface area (Å²) in [6, 6.07) is -1.00. The maximum absolute atomic E-state index is 12.0. The molecule has 19 heavy (non-hydrogen) atoms. The van der Waals surface area contributed by atoms with E-state index in [0.717, 1.165) is 25.7 Å². The maximum Gasteiger partial charge on any atom is 0.326 e. The van der Waals surface area contributed by atoms with Crippen LogP contribution in [0, 0.1) is 0 Å². The lowest BCUT2D eigenvalue weighted by atomic mass is 9.79. The fraction of sp³-hybridized carbons (Fsp3) is 0.846. The highest BCUT2D eigenvalue weighted by molar-refractivity contribution is 5.84. The third kappa shape index (κ3) is 4.80. The van der Waals surface area contributed by atoms with E-state index >= 15 is 0 Å². The van der Waals surface area contributed by atoms with Crippen molar-refractivity contribution < 1.29 is 19.8 Å². The van der Waals surface area contributed by atoms with E-state index in [2.05, 4.69) is 10.6 Å². The van der Waals surface area contributed by atoms with Gasteiger partial charge in [0.15, 0.2) is 0 Å². The fourth-order valence-corrected chi connectivity index (χ4v) is 2.68. The first-order valence-electron chi connectivity index (χ1n) is 6.85. The Kier molecular flexibility index (Phi) is 6.24. The molecule has 1 aliphatic carbocycles. The molecule has 0 radical (unpaired) electrons. The molecule has 0 aromatic rings. The van der Waals surface area contributed by atoms with Gasteiger partial charge in [-0.3, -0.25) is 4.79 Å². The van der Waals surface area contributed by atoms with Crippen LogP contribution in [0.25, 0.3) is 0 Å². The minimum atomic E-state index is -1.11. The number of carbonyl (C=O) groups is 2. The minimum Gasteiger partial charge on any atom is -0.480 e. The molecule has 1 atom stereocenters. The van der Waals surface area contributed by atoms with E-state index in [1.54, 1.807) is 0 Å². The number of carboxylic acids is 1. The van der Waals surface area contributed by atoms with Gasteiger partial charge in [0.1, 0.15) is 6.04 Å². The van der Waals surface area contributed by atoms with Gasteiger partial charge in [0.25, 0.3) is 0 Å². The number of rotatable bonds is 7. The summed E-state index contributed by atoms with van der Waals surface area (Å²) in [7, 11) is 1.85. The summed E-state index contributed by atoms with van der Waals surface area (Å²) in [6.07, 6.45) is 5.57. The molecule has 110 valence electrons. The van der Waals surface area contributed by atoms with Crippen LogP contribution in [0.2, 0.25) is 0 Å². The molecule has 4 N–H and O–H groups in total. The van der Waals surface area contributed by atoms with Crippen molar-refractivity contribution in [3.8, 4) is 0 Å². The molecule has 0 heterocycles. The highest BCUT2D eigenvalue weighted by atomic mass is 16.4. The van der Waals surface area contributed by atoms with E-state index in [1.807, 2.05) is 7.05 Å². The van der Waals surface area contributed by atoms with Gasteiger partial charge in [-0.15, -0.1) is 0 Å². The van der Waals surface area contributed by atoms with Crippen LogP contribution in [-0.2, 0) is 9.59 Å². The van der Waals surface area contributed by atoms with Crippen LogP contribution in [0.5, 0.6) is 0 Å². The van der Waals surface area contributed by atoms with Crippen molar-refractivity contribution in [1.82, 2.24) is 10.6 Å². The van der Waals surface area contributed by atoms with Crippen LogP contribution in [0.3, 0.4) is 0 Å². The van der Waals surface area contributed by atoms with Gasteiger partial charge in [0.05, 0.1) is 0 Å². The van der Waals surface area contributed by atoms with Crippen LogP contribution in [0.15, 0.2) is 0 Å². The minimum absolute atomic E-state index is 0.0353. The van der Waals surface area contributed by atoms with Crippen LogP contribution >= 0.6 is 0 Å². The van der Waals surface area contributed by atoms with Crippen molar-refractivity contribution in [2.75, 3.05) is 13.7 Å². The number of carboxylic acid groups (broad SMARTS) is 1. The number of aliphatic hydroxyl groups is 1. The largest absolute Gasteiger partial charge is 0.480 e. The molecule has 1 fully saturated rings. The molecule has 0 aromatic carbocycles. The highest BCUT2D eigenvalue weighted by Crippen LogP contribution is 2.30. The third-order valence-corrected chi connectivity index (χ3v) is 3.89. The quantitative estimate of drug-likeness (QED) is 0.532. The molecule has 1 rings (SSSR count). The second-order valence-electron chi connectivity index (χ2n) is 5.24. The molecule has 6 heteroatoms. The number of amides is 1. The molecule has 1 saturated carbocycles. The molecular weight excluding hydrogens is 248 g/mol. The van der Waals surface area contributed by atoms with Gasteiger partial charge in [-0.2, -0.15) is 0 Å². The molecule has 0 bridgehead atoms. The van der Waals surface area contributed by atoms with E-state index in [0.29, 0.717) is 6.42 Å². The first-order valence-corrected chi connectivity index (χ1v) is 6.85. The molecular formula is C13H24N2O4. The average Bonchev–Trinajstić information content (AvgIpc) is 2.39. The van der Waals surface area contributed by atoms with Crippen molar-refractivity contribution in [1.29, 1.82) is 0 Å². The molecule has 0 unspecified atom stereocenters. The lowest BCUT2D eigenvalue weighted by molar-refractivity contribution is -0.142. The number of carbonyl (C=O) groups excluding carboxylic acids is 1. The van der Waals surface area contributed by atoms with Gasteiger partial charge >= 0.3 is 5.97 Å². The number of hydrogen-bond acceptors (Lipinski definition) is 4.